The van der Waals surface area contributed by atoms with Crippen molar-refractivity contribution in [1.29, 1.82) is 0 Å². The maximum Gasteiger partial charge on any atom is 0.280 e. The van der Waals surface area contributed by atoms with Crippen molar-refractivity contribution in [2.75, 3.05) is 0 Å². The summed E-state index contributed by atoms with van der Waals surface area (Å²) in [5.74, 6) is 0. The van der Waals surface area contributed by atoms with Crippen molar-refractivity contribution in [3.05, 3.63) is 26.9 Å². The highest BCUT2D eigenvalue weighted by molar-refractivity contribution is 9.13. The van der Waals surface area contributed by atoms with Crippen molar-refractivity contribution >= 4 is 31.9 Å². The molecule has 0 fully saturated rings. The average Bonchev–Trinajstić information content (AvgIpc) is 1.94. The van der Waals surface area contributed by atoms with Gasteiger partial charge in [0, 0.05) is 0 Å². The molecule has 0 saturated heterocycles. The molecule has 1 aromatic rings. The molecule has 60 valence electrons. The van der Waals surface area contributed by atoms with Gasteiger partial charge in [0.15, 0.2) is 0 Å². The first-order valence-electron chi connectivity index (χ1n) is 2.71. The summed E-state index contributed by atoms with van der Waals surface area (Å²) < 4.78 is 25.0. The molecule has 0 bridgehead atoms. The van der Waals surface area contributed by atoms with E-state index < -0.39 is 6.43 Å². The van der Waals surface area contributed by atoms with Crippen LogP contribution in [-0.4, -0.2) is 4.98 Å². The van der Waals surface area contributed by atoms with E-state index in [-0.39, 0.29) is 5.69 Å². The van der Waals surface area contributed by atoms with Crippen LogP contribution in [0.2, 0.25) is 0 Å². The van der Waals surface area contributed by atoms with Crippen molar-refractivity contribution in [3.63, 3.8) is 0 Å². The molecule has 5 heteroatoms. The van der Waals surface area contributed by atoms with Crippen LogP contribution in [-0.2, 0) is 0 Å². The summed E-state index contributed by atoms with van der Waals surface area (Å²) in [6.45, 7) is 0. The zero-order valence-electron chi connectivity index (χ0n) is 5.19. The van der Waals surface area contributed by atoms with Gasteiger partial charge in [-0.15, -0.1) is 0 Å². The maximum atomic E-state index is 12.0. The number of pyridine rings is 1. The lowest BCUT2D eigenvalue weighted by Crippen LogP contribution is -1.89. The summed E-state index contributed by atoms with van der Waals surface area (Å²) in [5, 5.41) is 0. The van der Waals surface area contributed by atoms with Gasteiger partial charge in [0.05, 0.1) is 4.47 Å². The first kappa shape index (κ1) is 9.06. The third-order valence-corrected chi connectivity index (χ3v) is 2.82. The van der Waals surface area contributed by atoms with Crippen molar-refractivity contribution in [2.24, 2.45) is 0 Å². The van der Waals surface area contributed by atoms with Crippen LogP contribution < -0.4 is 0 Å². The van der Waals surface area contributed by atoms with E-state index in [0.29, 0.717) is 9.08 Å². The minimum Gasteiger partial charge on any atom is -0.239 e. The van der Waals surface area contributed by atoms with Crippen molar-refractivity contribution < 1.29 is 8.78 Å². The van der Waals surface area contributed by atoms with Crippen LogP contribution in [0.25, 0.3) is 0 Å². The van der Waals surface area contributed by atoms with Crippen LogP contribution in [0, 0.1) is 0 Å². The summed E-state index contributed by atoms with van der Waals surface area (Å²) in [6, 6.07) is 2.80. The summed E-state index contributed by atoms with van der Waals surface area (Å²) in [5.41, 5.74) is -0.222. The number of hydrogen-bond acceptors (Lipinski definition) is 1. The van der Waals surface area contributed by atoms with Crippen LogP contribution in [0.5, 0.6) is 0 Å². The Morgan fingerprint density at radius 3 is 2.36 bits per heavy atom. The van der Waals surface area contributed by atoms with Gasteiger partial charge in [-0.2, -0.15) is 0 Å². The molecular formula is C6H3Br2F2N. The average molecular weight is 287 g/mol. The number of halogens is 4. The molecule has 1 rings (SSSR count). The van der Waals surface area contributed by atoms with Gasteiger partial charge in [-0.25, -0.2) is 13.8 Å². The van der Waals surface area contributed by atoms with Crippen molar-refractivity contribution in [2.45, 2.75) is 6.43 Å². The monoisotopic (exact) mass is 285 g/mol. The molecule has 0 aromatic carbocycles. The van der Waals surface area contributed by atoms with Crippen LogP contribution in [0.15, 0.2) is 21.2 Å². The molecule has 0 aliphatic rings. The van der Waals surface area contributed by atoms with Gasteiger partial charge < -0.3 is 0 Å². The molecule has 1 heterocycles. The largest absolute Gasteiger partial charge is 0.280 e. The van der Waals surface area contributed by atoms with E-state index in [9.17, 15) is 8.78 Å². The molecule has 0 N–H and O–H groups in total. The third kappa shape index (κ3) is 2.20. The topological polar surface area (TPSA) is 12.9 Å². The number of nitrogens with zero attached hydrogens (tertiary/aromatic N) is 1. The number of alkyl halides is 2. The number of rotatable bonds is 1. The standard InChI is InChI=1S/C6H3Br2F2N/c7-3-1-2-4(6(9)10)11-5(3)8/h1-2,6H. The summed E-state index contributed by atoms with van der Waals surface area (Å²) in [6.07, 6.45) is -2.51. The molecule has 0 atom stereocenters. The van der Waals surface area contributed by atoms with E-state index in [0.717, 1.165) is 0 Å². The third-order valence-electron chi connectivity index (χ3n) is 1.05. The van der Waals surface area contributed by atoms with Gasteiger partial charge in [-0.3, -0.25) is 0 Å². The Labute approximate surface area is 79.1 Å². The Bertz CT molecular complexity index is 265. The predicted octanol–water partition coefficient (Wildman–Crippen LogP) is 3.54. The fourth-order valence-electron chi connectivity index (χ4n) is 0.553. The Kier molecular flexibility index (Phi) is 2.95. The van der Waals surface area contributed by atoms with Gasteiger partial charge in [0.1, 0.15) is 10.3 Å². The van der Waals surface area contributed by atoms with E-state index in [1.807, 2.05) is 0 Å². The molecule has 0 saturated carbocycles. The van der Waals surface area contributed by atoms with E-state index in [1.54, 1.807) is 0 Å². The van der Waals surface area contributed by atoms with Gasteiger partial charge in [-0.05, 0) is 44.0 Å². The number of hydrogen-bond donors (Lipinski definition) is 0. The van der Waals surface area contributed by atoms with Gasteiger partial charge >= 0.3 is 0 Å². The quantitative estimate of drug-likeness (QED) is 0.720. The predicted molar refractivity (Wildman–Crippen MR) is 44.6 cm³/mol. The Morgan fingerprint density at radius 2 is 1.91 bits per heavy atom. The second-order valence-corrected chi connectivity index (χ2v) is 3.41. The van der Waals surface area contributed by atoms with Crippen molar-refractivity contribution in [3.8, 4) is 0 Å². The van der Waals surface area contributed by atoms with Gasteiger partial charge in [-0.1, -0.05) is 0 Å². The highest BCUT2D eigenvalue weighted by atomic mass is 79.9. The zero-order valence-corrected chi connectivity index (χ0v) is 8.36. The molecule has 0 spiro atoms. The molecule has 0 unspecified atom stereocenters. The zero-order chi connectivity index (χ0) is 8.43. The molecule has 0 amide bonds. The van der Waals surface area contributed by atoms with Crippen LogP contribution in [0.1, 0.15) is 12.1 Å². The molecule has 0 aliphatic heterocycles. The fourth-order valence-corrected chi connectivity index (χ4v) is 1.11. The Hall–Kier alpha value is -0.0300. The molecule has 1 nitrogen and oxygen atoms in total. The second kappa shape index (κ2) is 3.58. The van der Waals surface area contributed by atoms with Crippen LogP contribution in [0.4, 0.5) is 8.78 Å². The maximum absolute atomic E-state index is 12.0. The molecule has 0 aliphatic carbocycles. The molecule has 0 radical (unpaired) electrons. The molecule has 11 heavy (non-hydrogen) atoms. The first-order chi connectivity index (χ1) is 5.11. The smallest absolute Gasteiger partial charge is 0.239 e. The minimum atomic E-state index is -2.51. The fraction of sp³-hybridized carbons (Fsp3) is 0.167. The minimum absolute atomic E-state index is 0.222. The summed E-state index contributed by atoms with van der Waals surface area (Å²) in [7, 11) is 0. The second-order valence-electron chi connectivity index (χ2n) is 1.81. The Morgan fingerprint density at radius 1 is 1.27 bits per heavy atom. The normalized spacial score (nSPS) is 10.6. The highest BCUT2D eigenvalue weighted by Crippen LogP contribution is 2.24. The lowest BCUT2D eigenvalue weighted by molar-refractivity contribution is 0.146. The van der Waals surface area contributed by atoms with E-state index in [4.69, 9.17) is 0 Å². The molecule has 1 aromatic heterocycles. The first-order valence-corrected chi connectivity index (χ1v) is 4.30. The Balaban J connectivity index is 3.05. The molecular weight excluding hydrogens is 284 g/mol. The lowest BCUT2D eigenvalue weighted by atomic mass is 10.4. The van der Waals surface area contributed by atoms with Gasteiger partial charge in [0.2, 0.25) is 0 Å². The van der Waals surface area contributed by atoms with Crippen LogP contribution >= 0.6 is 31.9 Å². The van der Waals surface area contributed by atoms with Gasteiger partial charge in [0.25, 0.3) is 6.43 Å². The van der Waals surface area contributed by atoms with Crippen LogP contribution in [0.3, 0.4) is 0 Å². The lowest BCUT2D eigenvalue weighted by Gasteiger charge is -1.99. The van der Waals surface area contributed by atoms with E-state index in [1.165, 1.54) is 12.1 Å². The van der Waals surface area contributed by atoms with Crippen molar-refractivity contribution in [1.82, 2.24) is 4.98 Å². The van der Waals surface area contributed by atoms with E-state index in [2.05, 4.69) is 36.8 Å². The summed E-state index contributed by atoms with van der Waals surface area (Å²) >= 11 is 6.15. The van der Waals surface area contributed by atoms with E-state index >= 15 is 0 Å². The highest BCUT2D eigenvalue weighted by Gasteiger charge is 2.09. The SMILES string of the molecule is FC(F)c1ccc(Br)c(Br)n1. The number of aromatic nitrogens is 1. The summed E-state index contributed by atoms with van der Waals surface area (Å²) in [4.78, 5) is 3.59.